The van der Waals surface area contributed by atoms with Gasteiger partial charge in [-0.2, -0.15) is 0 Å². The summed E-state index contributed by atoms with van der Waals surface area (Å²) in [5.74, 6) is -0.0466. The summed E-state index contributed by atoms with van der Waals surface area (Å²) >= 11 is 0. The number of hydrogen-bond donors (Lipinski definition) is 4. The Balaban J connectivity index is 1.20. The smallest absolute Gasteiger partial charge is 0.251 e. The van der Waals surface area contributed by atoms with Gasteiger partial charge in [-0.1, -0.05) is 29.3 Å². The molecule has 0 spiro atoms. The van der Waals surface area contributed by atoms with Crippen molar-refractivity contribution in [2.45, 2.75) is 39.5 Å². The van der Waals surface area contributed by atoms with E-state index in [1.807, 2.05) is 42.5 Å². The van der Waals surface area contributed by atoms with Crippen LogP contribution in [0, 0.1) is 13.8 Å². The fourth-order valence-corrected chi connectivity index (χ4v) is 6.70. The van der Waals surface area contributed by atoms with Gasteiger partial charge >= 0.3 is 0 Å². The monoisotopic (exact) mass is 645 g/mol. The fraction of sp³-hybridized carbons (Fsp3) is 0.417. The Morgan fingerprint density at radius 2 is 1.63 bits per heavy atom. The number of aromatic amines is 1. The maximum absolute atomic E-state index is 13.1. The van der Waals surface area contributed by atoms with Gasteiger partial charge in [-0.3, -0.25) is 14.4 Å². The van der Waals surface area contributed by atoms with E-state index in [-0.39, 0.29) is 5.91 Å². The van der Waals surface area contributed by atoms with Crippen LogP contribution in [0.4, 0.5) is 5.69 Å². The summed E-state index contributed by atoms with van der Waals surface area (Å²) in [5, 5.41) is 7.82. The fourth-order valence-electron chi connectivity index (χ4n) is 6.14. The molecule has 1 saturated heterocycles. The summed E-state index contributed by atoms with van der Waals surface area (Å²) in [5.41, 5.74) is 9.43. The highest BCUT2D eigenvalue weighted by Crippen LogP contribution is 2.32. The minimum absolute atomic E-state index is 0.0466. The molecular formula is C36H47N5O4S. The van der Waals surface area contributed by atoms with Gasteiger partial charge in [0.05, 0.1) is 19.5 Å². The summed E-state index contributed by atoms with van der Waals surface area (Å²) in [7, 11) is -3.27. The van der Waals surface area contributed by atoms with Crippen LogP contribution in [0.15, 0.2) is 60.7 Å². The number of ether oxygens (including phenoxy) is 1. The number of nitrogens with zero attached hydrogens (tertiary/aromatic N) is 1. The number of fused-ring (bicyclic) bond motifs is 1. The van der Waals surface area contributed by atoms with E-state index in [1.54, 1.807) is 0 Å². The summed E-state index contributed by atoms with van der Waals surface area (Å²) in [6.07, 6.45) is 5.01. The number of anilines is 1. The molecule has 1 aliphatic rings. The van der Waals surface area contributed by atoms with E-state index in [1.165, 1.54) is 22.3 Å². The Labute approximate surface area is 273 Å². The zero-order chi connectivity index (χ0) is 32.5. The maximum atomic E-state index is 13.1. The highest BCUT2D eigenvalue weighted by atomic mass is 32.2. The first-order valence-corrected chi connectivity index (χ1v) is 18.1. The highest BCUT2D eigenvalue weighted by Gasteiger charge is 2.17. The normalized spacial score (nSPS) is 14.1. The van der Waals surface area contributed by atoms with Crippen molar-refractivity contribution in [3.05, 3.63) is 88.5 Å². The third-order valence-corrected chi connectivity index (χ3v) is 8.98. The Morgan fingerprint density at radius 1 is 0.891 bits per heavy atom. The van der Waals surface area contributed by atoms with Crippen molar-refractivity contribution >= 4 is 32.5 Å². The molecule has 10 heteroatoms. The Bertz CT molecular complexity index is 1710. The second kappa shape index (κ2) is 15.7. The topological polar surface area (TPSA) is 116 Å². The van der Waals surface area contributed by atoms with Gasteiger partial charge in [-0.15, -0.1) is 0 Å². The number of H-pyrrole nitrogens is 1. The lowest BCUT2D eigenvalue weighted by atomic mass is 9.98. The van der Waals surface area contributed by atoms with Crippen LogP contribution in [-0.2, 0) is 27.6 Å². The molecule has 1 aromatic heterocycles. The van der Waals surface area contributed by atoms with Crippen LogP contribution >= 0.6 is 0 Å². The third-order valence-electron chi connectivity index (χ3n) is 8.37. The van der Waals surface area contributed by atoms with Gasteiger partial charge in [0, 0.05) is 54.0 Å². The lowest BCUT2D eigenvalue weighted by Gasteiger charge is -2.26. The Morgan fingerprint density at radius 3 is 2.35 bits per heavy atom. The molecule has 9 nitrogen and oxygen atoms in total. The number of aryl methyl sites for hydroxylation is 3. The number of unbranched alkanes of at least 4 members (excludes halogenated alkanes) is 1. The van der Waals surface area contributed by atoms with Gasteiger partial charge in [-0.25, -0.2) is 8.42 Å². The quantitative estimate of drug-likeness (QED) is 0.135. The van der Waals surface area contributed by atoms with Crippen LogP contribution in [0.2, 0.25) is 0 Å². The molecule has 3 aromatic carbocycles. The molecule has 0 saturated carbocycles. The van der Waals surface area contributed by atoms with E-state index in [0.717, 1.165) is 100 Å². The van der Waals surface area contributed by atoms with Crippen LogP contribution in [0.5, 0.6) is 0 Å². The summed E-state index contributed by atoms with van der Waals surface area (Å²) in [6.45, 7) is 10.7. The number of sulfonamides is 1. The molecule has 46 heavy (non-hydrogen) atoms. The SMILES string of the molecule is Cc1cc(C)cc(-c2[nH]c3ccc(C(=O)NCCN4CCOCC4)cc3c2CCNCCCCc2ccc(NS(C)(=O)=O)cc2)c1. The van der Waals surface area contributed by atoms with Gasteiger partial charge in [0.15, 0.2) is 0 Å². The molecule has 5 rings (SSSR count). The van der Waals surface area contributed by atoms with E-state index < -0.39 is 10.0 Å². The number of morpholine rings is 1. The number of amides is 1. The van der Waals surface area contributed by atoms with Crippen molar-refractivity contribution in [3.63, 3.8) is 0 Å². The molecule has 0 radical (unpaired) electrons. The predicted octanol–water partition coefficient (Wildman–Crippen LogP) is 5.04. The van der Waals surface area contributed by atoms with Gasteiger partial charge < -0.3 is 20.4 Å². The van der Waals surface area contributed by atoms with E-state index >= 15 is 0 Å². The van der Waals surface area contributed by atoms with E-state index in [9.17, 15) is 13.2 Å². The van der Waals surface area contributed by atoms with E-state index in [0.29, 0.717) is 17.8 Å². The van der Waals surface area contributed by atoms with Crippen molar-refractivity contribution < 1.29 is 17.9 Å². The zero-order valence-corrected chi connectivity index (χ0v) is 28.1. The average molecular weight is 646 g/mol. The molecule has 0 unspecified atom stereocenters. The molecule has 4 N–H and O–H groups in total. The largest absolute Gasteiger partial charge is 0.379 e. The number of carbonyl (C=O) groups is 1. The number of carbonyl (C=O) groups excluding carboxylic acids is 1. The van der Waals surface area contributed by atoms with Crippen LogP contribution in [-0.4, -0.2) is 82.9 Å². The van der Waals surface area contributed by atoms with E-state index in [4.69, 9.17) is 4.74 Å². The standard InChI is InChI=1S/C36H47N5O4S/c1-26-22-27(2)24-30(23-26)35-32(13-15-37-14-5-4-6-28-7-10-31(11-8-28)40-46(3,43)44)33-25-29(9-12-34(33)39-35)36(42)38-16-17-41-18-20-45-21-19-41/h7-12,22-25,37,39-40H,4-6,13-21H2,1-3H3,(H,38,42). The molecular weight excluding hydrogens is 598 g/mol. The van der Waals surface area contributed by atoms with Gasteiger partial charge in [0.2, 0.25) is 10.0 Å². The Hall–Kier alpha value is -3.70. The number of hydrogen-bond acceptors (Lipinski definition) is 6. The first kappa shape index (κ1) is 33.7. The molecule has 1 aliphatic heterocycles. The predicted molar refractivity (Wildman–Crippen MR) is 187 cm³/mol. The maximum Gasteiger partial charge on any atom is 0.251 e. The Kier molecular flexibility index (Phi) is 11.5. The molecule has 0 aliphatic carbocycles. The first-order valence-electron chi connectivity index (χ1n) is 16.2. The first-order chi connectivity index (χ1) is 22.1. The minimum atomic E-state index is -3.27. The van der Waals surface area contributed by atoms with E-state index in [2.05, 4.69) is 57.3 Å². The van der Waals surface area contributed by atoms with Crippen molar-refractivity contribution in [3.8, 4) is 11.3 Å². The molecule has 4 aromatic rings. The molecule has 1 amide bonds. The summed E-state index contributed by atoms with van der Waals surface area (Å²) < 4.78 is 30.8. The molecule has 0 atom stereocenters. The molecule has 1 fully saturated rings. The van der Waals surface area contributed by atoms with Crippen molar-refractivity contribution in [2.24, 2.45) is 0 Å². The number of rotatable bonds is 15. The van der Waals surface area contributed by atoms with Crippen LogP contribution in [0.3, 0.4) is 0 Å². The molecule has 0 bridgehead atoms. The lowest BCUT2D eigenvalue weighted by molar-refractivity contribution is 0.0383. The van der Waals surface area contributed by atoms with Gasteiger partial charge in [-0.05, 0) is 112 Å². The van der Waals surface area contributed by atoms with Gasteiger partial charge in [0.1, 0.15) is 0 Å². The summed E-state index contributed by atoms with van der Waals surface area (Å²) in [6, 6.07) is 20.2. The highest BCUT2D eigenvalue weighted by molar-refractivity contribution is 7.92. The minimum Gasteiger partial charge on any atom is -0.379 e. The van der Waals surface area contributed by atoms with Crippen molar-refractivity contribution in [1.29, 1.82) is 0 Å². The third kappa shape index (κ3) is 9.65. The zero-order valence-electron chi connectivity index (χ0n) is 27.2. The second-order valence-electron chi connectivity index (χ2n) is 12.4. The number of benzene rings is 3. The summed E-state index contributed by atoms with van der Waals surface area (Å²) in [4.78, 5) is 19.1. The molecule has 2 heterocycles. The van der Waals surface area contributed by atoms with Crippen LogP contribution < -0.4 is 15.4 Å². The molecule has 246 valence electrons. The number of aromatic nitrogens is 1. The number of nitrogens with one attached hydrogen (secondary N) is 4. The second-order valence-corrected chi connectivity index (χ2v) is 14.1. The van der Waals surface area contributed by atoms with Crippen LogP contribution in [0.1, 0.15) is 45.5 Å². The van der Waals surface area contributed by atoms with Crippen LogP contribution in [0.25, 0.3) is 22.2 Å². The van der Waals surface area contributed by atoms with Crippen molar-refractivity contribution in [2.75, 3.05) is 63.5 Å². The lowest BCUT2D eigenvalue weighted by Crippen LogP contribution is -2.41. The van der Waals surface area contributed by atoms with Crippen molar-refractivity contribution in [1.82, 2.24) is 20.5 Å². The van der Waals surface area contributed by atoms with Gasteiger partial charge in [0.25, 0.3) is 5.91 Å². The average Bonchev–Trinajstić information content (AvgIpc) is 3.38.